The van der Waals surface area contributed by atoms with Gasteiger partial charge in [0.25, 0.3) is 0 Å². The number of aromatic nitrogens is 1. The monoisotopic (exact) mass is 344 g/mol. The van der Waals surface area contributed by atoms with Crippen LogP contribution in [0.2, 0.25) is 0 Å². The van der Waals surface area contributed by atoms with Crippen molar-refractivity contribution in [3.63, 3.8) is 0 Å². The van der Waals surface area contributed by atoms with Crippen LogP contribution >= 0.6 is 0 Å². The minimum Gasteiger partial charge on any atom is -0.445 e. The molecule has 1 aromatic heterocycles. The van der Waals surface area contributed by atoms with Crippen LogP contribution in [-0.4, -0.2) is 16.4 Å². The lowest BCUT2D eigenvalue weighted by Crippen LogP contribution is -2.59. The molecule has 1 aromatic rings. The highest BCUT2D eigenvalue weighted by molar-refractivity contribution is 5.77. The Morgan fingerprint density at radius 1 is 1.16 bits per heavy atom. The number of hydrogen-bond acceptors (Lipinski definition) is 3. The molecular formula is C21H32N2O2. The lowest BCUT2D eigenvalue weighted by Gasteiger charge is -2.56. The quantitative estimate of drug-likeness (QED) is 0.886. The molecule has 0 aliphatic heterocycles. The average Bonchev–Trinajstić information content (AvgIpc) is 2.84. The number of oxazole rings is 1. The van der Waals surface area contributed by atoms with Gasteiger partial charge in [0.2, 0.25) is 5.91 Å². The molecule has 5 rings (SSSR count). The highest BCUT2D eigenvalue weighted by atomic mass is 16.4. The number of nitrogens with one attached hydrogen (secondary N) is 1. The van der Waals surface area contributed by atoms with Gasteiger partial charge in [-0.3, -0.25) is 4.79 Å². The molecule has 0 atom stereocenters. The van der Waals surface area contributed by atoms with Crippen LogP contribution in [0.15, 0.2) is 4.42 Å². The van der Waals surface area contributed by atoms with Gasteiger partial charge in [-0.15, -0.1) is 0 Å². The third-order valence-electron chi connectivity index (χ3n) is 6.56. The van der Waals surface area contributed by atoms with Crippen LogP contribution in [0.5, 0.6) is 0 Å². The molecule has 0 radical (unpaired) electrons. The van der Waals surface area contributed by atoms with Crippen molar-refractivity contribution in [1.82, 2.24) is 10.3 Å². The van der Waals surface area contributed by atoms with Gasteiger partial charge in [-0.05, 0) is 63.2 Å². The molecule has 0 saturated heterocycles. The van der Waals surface area contributed by atoms with Gasteiger partial charge in [0.1, 0.15) is 5.76 Å². The van der Waals surface area contributed by atoms with E-state index in [1.807, 2.05) is 6.92 Å². The van der Waals surface area contributed by atoms with Crippen molar-refractivity contribution >= 4 is 5.91 Å². The van der Waals surface area contributed by atoms with E-state index in [1.165, 1.54) is 38.5 Å². The summed E-state index contributed by atoms with van der Waals surface area (Å²) in [5, 5.41) is 3.45. The summed E-state index contributed by atoms with van der Waals surface area (Å²) in [6.45, 7) is 8.27. The zero-order valence-electron chi connectivity index (χ0n) is 16.2. The van der Waals surface area contributed by atoms with Crippen LogP contribution in [0.4, 0.5) is 0 Å². The molecule has 1 heterocycles. The van der Waals surface area contributed by atoms with Crippen molar-refractivity contribution in [3.05, 3.63) is 17.3 Å². The van der Waals surface area contributed by atoms with Crippen LogP contribution in [0.1, 0.15) is 83.1 Å². The second-order valence-electron chi connectivity index (χ2n) is 10.0. The average molecular weight is 344 g/mol. The van der Waals surface area contributed by atoms with E-state index in [1.54, 1.807) is 0 Å². The summed E-state index contributed by atoms with van der Waals surface area (Å²) in [5.41, 5.74) is 0.941. The van der Waals surface area contributed by atoms with Gasteiger partial charge in [-0.2, -0.15) is 0 Å². The fraction of sp³-hybridized carbons (Fsp3) is 0.810. The maximum atomic E-state index is 12.6. The second-order valence-corrected chi connectivity index (χ2v) is 10.0. The SMILES string of the molecule is Cc1nc(C(C)(C)C)oc1CCC(=O)NC12CC3CC(CC(C3)C1)C2. The fourth-order valence-electron chi connectivity index (χ4n) is 5.83. The molecule has 1 amide bonds. The molecule has 25 heavy (non-hydrogen) atoms. The van der Waals surface area contributed by atoms with E-state index in [2.05, 4.69) is 31.1 Å². The zero-order valence-corrected chi connectivity index (χ0v) is 16.2. The van der Waals surface area contributed by atoms with Gasteiger partial charge >= 0.3 is 0 Å². The van der Waals surface area contributed by atoms with Crippen LogP contribution < -0.4 is 5.32 Å². The summed E-state index contributed by atoms with van der Waals surface area (Å²) in [4.78, 5) is 17.2. The summed E-state index contributed by atoms with van der Waals surface area (Å²) in [7, 11) is 0. The van der Waals surface area contributed by atoms with Gasteiger partial charge in [-0.1, -0.05) is 20.8 Å². The number of carbonyl (C=O) groups is 1. The summed E-state index contributed by atoms with van der Waals surface area (Å²) in [5.74, 6) is 4.40. The molecule has 4 saturated carbocycles. The molecule has 0 unspecified atom stereocenters. The maximum Gasteiger partial charge on any atom is 0.220 e. The van der Waals surface area contributed by atoms with Gasteiger partial charge in [-0.25, -0.2) is 4.98 Å². The van der Waals surface area contributed by atoms with E-state index in [4.69, 9.17) is 4.42 Å². The number of carbonyl (C=O) groups excluding carboxylic acids is 1. The first-order valence-corrected chi connectivity index (χ1v) is 10.0. The van der Waals surface area contributed by atoms with Crippen molar-refractivity contribution < 1.29 is 9.21 Å². The van der Waals surface area contributed by atoms with Gasteiger partial charge in [0.05, 0.1) is 5.69 Å². The van der Waals surface area contributed by atoms with Gasteiger partial charge in [0, 0.05) is 23.8 Å². The van der Waals surface area contributed by atoms with Crippen molar-refractivity contribution in [3.8, 4) is 0 Å². The summed E-state index contributed by atoms with van der Waals surface area (Å²) in [6, 6.07) is 0. The minimum atomic E-state index is -0.0928. The Morgan fingerprint density at radius 3 is 2.20 bits per heavy atom. The molecular weight excluding hydrogens is 312 g/mol. The Morgan fingerprint density at radius 2 is 1.72 bits per heavy atom. The van der Waals surface area contributed by atoms with E-state index in [0.29, 0.717) is 12.8 Å². The lowest BCUT2D eigenvalue weighted by molar-refractivity contribution is -0.126. The molecule has 138 valence electrons. The predicted molar refractivity (Wildman–Crippen MR) is 97.3 cm³/mol. The third kappa shape index (κ3) is 3.37. The van der Waals surface area contributed by atoms with Crippen LogP contribution in [0.3, 0.4) is 0 Å². The summed E-state index contributed by atoms with van der Waals surface area (Å²) < 4.78 is 5.93. The summed E-state index contributed by atoms with van der Waals surface area (Å²) >= 11 is 0. The van der Waals surface area contributed by atoms with Gasteiger partial charge in [0.15, 0.2) is 5.89 Å². The van der Waals surface area contributed by atoms with E-state index in [-0.39, 0.29) is 16.9 Å². The molecule has 4 heteroatoms. The standard InChI is InChI=1S/C21H32N2O2/c1-13-17(25-19(22-13)20(2,3)4)5-6-18(24)23-21-10-14-7-15(11-21)9-16(8-14)12-21/h14-16H,5-12H2,1-4H3,(H,23,24). The highest BCUT2D eigenvalue weighted by Gasteiger charge is 2.51. The normalized spacial score (nSPS) is 33.7. The zero-order chi connectivity index (χ0) is 17.8. The maximum absolute atomic E-state index is 12.6. The lowest BCUT2D eigenvalue weighted by atomic mass is 9.53. The number of hydrogen-bond donors (Lipinski definition) is 1. The van der Waals surface area contributed by atoms with E-state index >= 15 is 0 Å². The third-order valence-corrected chi connectivity index (χ3v) is 6.56. The molecule has 4 nitrogen and oxygen atoms in total. The second kappa shape index (κ2) is 5.85. The van der Waals surface area contributed by atoms with Gasteiger partial charge < -0.3 is 9.73 Å². The smallest absolute Gasteiger partial charge is 0.220 e. The van der Waals surface area contributed by atoms with Crippen molar-refractivity contribution in [2.75, 3.05) is 0 Å². The molecule has 0 spiro atoms. The number of rotatable bonds is 4. The molecule has 4 fully saturated rings. The largest absolute Gasteiger partial charge is 0.445 e. The number of amides is 1. The Labute approximate surface area is 151 Å². The van der Waals surface area contributed by atoms with E-state index in [0.717, 1.165) is 35.1 Å². The first-order valence-electron chi connectivity index (χ1n) is 10.0. The molecule has 4 aliphatic rings. The molecule has 1 N–H and O–H groups in total. The Bertz CT molecular complexity index is 633. The van der Waals surface area contributed by atoms with Crippen molar-refractivity contribution in [1.29, 1.82) is 0 Å². The first kappa shape index (κ1) is 17.1. The fourth-order valence-corrected chi connectivity index (χ4v) is 5.83. The number of nitrogens with zero attached hydrogens (tertiary/aromatic N) is 1. The van der Waals surface area contributed by atoms with Crippen LogP contribution in [-0.2, 0) is 16.6 Å². The van der Waals surface area contributed by atoms with Crippen molar-refractivity contribution in [2.24, 2.45) is 17.8 Å². The highest BCUT2D eigenvalue weighted by Crippen LogP contribution is 2.55. The first-order chi connectivity index (χ1) is 11.7. The molecule has 4 bridgehead atoms. The minimum absolute atomic E-state index is 0.0928. The van der Waals surface area contributed by atoms with Crippen LogP contribution in [0, 0.1) is 24.7 Å². The van der Waals surface area contributed by atoms with E-state index in [9.17, 15) is 4.79 Å². The Hall–Kier alpha value is -1.32. The van der Waals surface area contributed by atoms with Crippen molar-refractivity contribution in [2.45, 2.75) is 90.0 Å². The summed E-state index contributed by atoms with van der Waals surface area (Å²) in [6.07, 6.45) is 8.99. The number of aryl methyl sites for hydroxylation is 2. The molecule has 4 aliphatic carbocycles. The predicted octanol–water partition coefficient (Wildman–Crippen LogP) is 4.30. The Kier molecular flexibility index (Phi) is 4.01. The van der Waals surface area contributed by atoms with Crippen LogP contribution in [0.25, 0.3) is 0 Å². The topological polar surface area (TPSA) is 55.1 Å². The molecule has 0 aromatic carbocycles. The van der Waals surface area contributed by atoms with E-state index < -0.39 is 0 Å². The Balaban J connectivity index is 1.36.